The van der Waals surface area contributed by atoms with Gasteiger partial charge in [0.05, 0.1) is 12.1 Å². The minimum Gasteiger partial charge on any atom is -0.467 e. The number of anilines is 1. The van der Waals surface area contributed by atoms with Crippen LogP contribution in [0.25, 0.3) is 0 Å². The first-order chi connectivity index (χ1) is 9.63. The molecule has 0 atom stereocenters. The summed E-state index contributed by atoms with van der Waals surface area (Å²) in [5.74, 6) is 5.47. The monoisotopic (exact) mass is 273 g/mol. The van der Waals surface area contributed by atoms with Gasteiger partial charge in [-0.05, 0) is 32.0 Å². The Hall–Kier alpha value is -2.27. The van der Waals surface area contributed by atoms with Crippen molar-refractivity contribution in [1.82, 2.24) is 5.43 Å². The van der Waals surface area contributed by atoms with Crippen molar-refractivity contribution < 1.29 is 9.21 Å². The van der Waals surface area contributed by atoms with Crippen molar-refractivity contribution in [1.29, 1.82) is 0 Å². The molecule has 0 fully saturated rings. The normalized spacial score (nSPS) is 10.3. The van der Waals surface area contributed by atoms with Crippen molar-refractivity contribution >= 4 is 11.6 Å². The molecule has 20 heavy (non-hydrogen) atoms. The first-order valence-corrected chi connectivity index (χ1v) is 6.54. The lowest BCUT2D eigenvalue weighted by atomic mass is 10.2. The Morgan fingerprint density at radius 3 is 2.65 bits per heavy atom. The van der Waals surface area contributed by atoms with Crippen molar-refractivity contribution in [3.05, 3.63) is 53.5 Å². The van der Waals surface area contributed by atoms with Crippen LogP contribution in [0.15, 0.2) is 41.0 Å². The van der Waals surface area contributed by atoms with Gasteiger partial charge in [-0.15, -0.1) is 0 Å². The zero-order valence-corrected chi connectivity index (χ0v) is 11.7. The highest BCUT2D eigenvalue weighted by Gasteiger charge is 2.12. The Kier molecular flexibility index (Phi) is 4.42. The number of carbonyl (C=O) groups is 1. The Labute approximate surface area is 118 Å². The molecule has 0 spiro atoms. The van der Waals surface area contributed by atoms with Crippen molar-refractivity contribution in [2.24, 2.45) is 5.84 Å². The van der Waals surface area contributed by atoms with E-state index in [1.807, 2.05) is 0 Å². The molecule has 0 radical (unpaired) electrons. The smallest absolute Gasteiger partial charge is 0.268 e. The molecule has 3 N–H and O–H groups in total. The standard InChI is InChI=1S/C15H19N3O2/c1-3-18(13-6-4-11(2)5-7-13)9-14-8-12(10-20-14)15(19)17-16/h4-8,10H,3,9,16H2,1-2H3,(H,17,19). The number of nitrogens with zero attached hydrogens (tertiary/aromatic N) is 1. The second-order valence-corrected chi connectivity index (χ2v) is 4.62. The fourth-order valence-corrected chi connectivity index (χ4v) is 2.00. The van der Waals surface area contributed by atoms with E-state index in [9.17, 15) is 4.79 Å². The molecule has 0 aliphatic rings. The molecule has 0 unspecified atom stereocenters. The van der Waals surface area contributed by atoms with Gasteiger partial charge in [0.25, 0.3) is 5.91 Å². The van der Waals surface area contributed by atoms with Crippen LogP contribution in [0.5, 0.6) is 0 Å². The molecule has 5 nitrogen and oxygen atoms in total. The van der Waals surface area contributed by atoms with E-state index < -0.39 is 0 Å². The number of hydrogen-bond acceptors (Lipinski definition) is 4. The second kappa shape index (κ2) is 6.25. The van der Waals surface area contributed by atoms with Crippen LogP contribution < -0.4 is 16.2 Å². The van der Waals surface area contributed by atoms with Gasteiger partial charge in [-0.3, -0.25) is 10.2 Å². The number of nitrogen functional groups attached to an aromatic ring is 1. The van der Waals surface area contributed by atoms with E-state index >= 15 is 0 Å². The number of nitrogens with two attached hydrogens (primary N) is 1. The van der Waals surface area contributed by atoms with E-state index in [1.165, 1.54) is 11.8 Å². The summed E-state index contributed by atoms with van der Waals surface area (Å²) in [6.07, 6.45) is 1.42. The summed E-state index contributed by atoms with van der Waals surface area (Å²) in [6, 6.07) is 10.0. The van der Waals surface area contributed by atoms with Crippen LogP contribution in [0, 0.1) is 6.92 Å². The lowest BCUT2D eigenvalue weighted by molar-refractivity contribution is 0.0953. The molecular weight excluding hydrogens is 254 g/mol. The Morgan fingerprint density at radius 2 is 2.05 bits per heavy atom. The van der Waals surface area contributed by atoms with Crippen LogP contribution in [-0.2, 0) is 6.54 Å². The average molecular weight is 273 g/mol. The molecular formula is C15H19N3O2. The number of rotatable bonds is 5. The Morgan fingerprint density at radius 1 is 1.35 bits per heavy atom. The molecule has 2 aromatic rings. The van der Waals surface area contributed by atoms with Gasteiger partial charge >= 0.3 is 0 Å². The van der Waals surface area contributed by atoms with E-state index in [1.54, 1.807) is 6.07 Å². The van der Waals surface area contributed by atoms with Gasteiger partial charge < -0.3 is 9.32 Å². The number of carbonyl (C=O) groups excluding carboxylic acids is 1. The fourth-order valence-electron chi connectivity index (χ4n) is 2.00. The van der Waals surface area contributed by atoms with Crippen molar-refractivity contribution in [3.63, 3.8) is 0 Å². The summed E-state index contributed by atoms with van der Waals surface area (Å²) in [7, 11) is 0. The minimum absolute atomic E-state index is 0.349. The summed E-state index contributed by atoms with van der Waals surface area (Å²) in [5.41, 5.74) is 4.87. The third kappa shape index (κ3) is 3.19. The summed E-state index contributed by atoms with van der Waals surface area (Å²) in [6.45, 7) is 5.60. The second-order valence-electron chi connectivity index (χ2n) is 4.62. The third-order valence-corrected chi connectivity index (χ3v) is 3.17. The van der Waals surface area contributed by atoms with E-state index in [0.29, 0.717) is 12.1 Å². The molecule has 1 heterocycles. The number of hydrogen-bond donors (Lipinski definition) is 2. The van der Waals surface area contributed by atoms with Crippen molar-refractivity contribution in [2.75, 3.05) is 11.4 Å². The highest BCUT2D eigenvalue weighted by molar-refractivity contribution is 5.93. The number of benzene rings is 1. The van der Waals surface area contributed by atoms with Gasteiger partial charge in [0.15, 0.2) is 0 Å². The highest BCUT2D eigenvalue weighted by Crippen LogP contribution is 2.19. The minimum atomic E-state index is -0.349. The lowest BCUT2D eigenvalue weighted by Crippen LogP contribution is -2.29. The van der Waals surface area contributed by atoms with Crippen LogP contribution >= 0.6 is 0 Å². The van der Waals surface area contributed by atoms with Crippen molar-refractivity contribution in [3.8, 4) is 0 Å². The molecule has 2 rings (SSSR count). The molecule has 0 saturated carbocycles. The third-order valence-electron chi connectivity index (χ3n) is 3.17. The zero-order chi connectivity index (χ0) is 14.5. The van der Waals surface area contributed by atoms with Crippen molar-refractivity contribution in [2.45, 2.75) is 20.4 Å². The van der Waals surface area contributed by atoms with E-state index in [4.69, 9.17) is 10.3 Å². The number of aryl methyl sites for hydroxylation is 1. The largest absolute Gasteiger partial charge is 0.467 e. The van der Waals surface area contributed by atoms with Gasteiger partial charge in [0, 0.05) is 12.2 Å². The topological polar surface area (TPSA) is 71.5 Å². The van der Waals surface area contributed by atoms with Gasteiger partial charge in [-0.1, -0.05) is 17.7 Å². The summed E-state index contributed by atoms with van der Waals surface area (Å²) in [5, 5.41) is 0. The van der Waals surface area contributed by atoms with Crippen LogP contribution in [0.1, 0.15) is 28.6 Å². The first kappa shape index (κ1) is 14.1. The number of furan rings is 1. The zero-order valence-electron chi connectivity index (χ0n) is 11.7. The van der Waals surface area contributed by atoms with Crippen LogP contribution in [-0.4, -0.2) is 12.5 Å². The number of nitrogens with one attached hydrogen (secondary N) is 1. The quantitative estimate of drug-likeness (QED) is 0.498. The predicted molar refractivity (Wildman–Crippen MR) is 78.3 cm³/mol. The van der Waals surface area contributed by atoms with Crippen LogP contribution in [0.3, 0.4) is 0 Å². The molecule has 1 aromatic carbocycles. The van der Waals surface area contributed by atoms with Crippen LogP contribution in [0.4, 0.5) is 5.69 Å². The number of amides is 1. The summed E-state index contributed by atoms with van der Waals surface area (Å²) in [4.78, 5) is 13.5. The first-order valence-electron chi connectivity index (χ1n) is 6.54. The highest BCUT2D eigenvalue weighted by atomic mass is 16.3. The molecule has 0 saturated heterocycles. The summed E-state index contributed by atoms with van der Waals surface area (Å²) >= 11 is 0. The van der Waals surface area contributed by atoms with E-state index in [2.05, 4.69) is 48.4 Å². The SMILES string of the molecule is CCN(Cc1cc(C(=O)NN)co1)c1ccc(C)cc1. The maximum absolute atomic E-state index is 11.4. The molecule has 5 heteroatoms. The predicted octanol–water partition coefficient (Wildman–Crippen LogP) is 2.22. The number of hydrazine groups is 1. The average Bonchev–Trinajstić information content (AvgIpc) is 2.93. The Balaban J connectivity index is 2.12. The van der Waals surface area contributed by atoms with Gasteiger partial charge in [-0.25, -0.2) is 5.84 Å². The summed E-state index contributed by atoms with van der Waals surface area (Å²) < 4.78 is 5.41. The molecule has 0 aliphatic heterocycles. The Bertz CT molecular complexity index is 575. The lowest BCUT2D eigenvalue weighted by Gasteiger charge is -2.22. The maximum atomic E-state index is 11.4. The maximum Gasteiger partial charge on any atom is 0.268 e. The van der Waals surface area contributed by atoms with E-state index in [0.717, 1.165) is 18.0 Å². The molecule has 0 aliphatic carbocycles. The fraction of sp³-hybridized carbons (Fsp3) is 0.267. The molecule has 106 valence electrons. The van der Waals surface area contributed by atoms with Gasteiger partial charge in [-0.2, -0.15) is 0 Å². The molecule has 0 bridgehead atoms. The molecule has 1 aromatic heterocycles. The van der Waals surface area contributed by atoms with Gasteiger partial charge in [0.1, 0.15) is 12.0 Å². The van der Waals surface area contributed by atoms with E-state index in [-0.39, 0.29) is 5.91 Å². The van der Waals surface area contributed by atoms with Gasteiger partial charge in [0.2, 0.25) is 0 Å². The molecule has 1 amide bonds. The van der Waals surface area contributed by atoms with Crippen LogP contribution in [0.2, 0.25) is 0 Å².